The fraction of sp³-hybridized carbons (Fsp3) is 0.545. The Morgan fingerprint density at radius 1 is 1.40 bits per heavy atom. The van der Waals surface area contributed by atoms with Gasteiger partial charge in [-0.25, -0.2) is 0 Å². The van der Waals surface area contributed by atoms with Crippen LogP contribution in [-0.4, -0.2) is 31.9 Å². The molecule has 0 fully saturated rings. The second-order valence-corrected chi connectivity index (χ2v) is 3.06. The van der Waals surface area contributed by atoms with Crippen LogP contribution in [-0.2, 0) is 11.3 Å². The molecule has 1 aromatic rings. The molecule has 0 radical (unpaired) electrons. The highest BCUT2D eigenvalue weighted by atomic mass is 16.5. The molecule has 1 rings (SSSR count). The molecule has 0 bridgehead atoms. The monoisotopic (exact) mass is 210 g/mol. The van der Waals surface area contributed by atoms with Crippen molar-refractivity contribution in [2.24, 2.45) is 0 Å². The molecule has 0 aliphatic carbocycles. The smallest absolute Gasteiger partial charge is 0.122 e. The van der Waals surface area contributed by atoms with E-state index in [1.807, 2.05) is 26.1 Å². The van der Waals surface area contributed by atoms with E-state index in [9.17, 15) is 0 Å². The molecule has 1 N–H and O–H groups in total. The zero-order chi connectivity index (χ0) is 10.9. The average molecular weight is 210 g/mol. The van der Waals surface area contributed by atoms with Crippen molar-refractivity contribution in [1.29, 1.82) is 0 Å². The Kier molecular flexibility index (Phi) is 5.73. The summed E-state index contributed by atoms with van der Waals surface area (Å²) in [6.45, 7) is 4.65. The SMILES string of the molecule is CCOCCOc1ccnc(CNC)c1. The van der Waals surface area contributed by atoms with Gasteiger partial charge in [-0.05, 0) is 20.0 Å². The summed E-state index contributed by atoms with van der Waals surface area (Å²) < 4.78 is 10.7. The lowest BCUT2D eigenvalue weighted by atomic mass is 10.3. The maximum Gasteiger partial charge on any atom is 0.122 e. The third kappa shape index (κ3) is 4.76. The molecule has 0 saturated carbocycles. The van der Waals surface area contributed by atoms with Crippen LogP contribution in [0.15, 0.2) is 18.3 Å². The number of ether oxygens (including phenoxy) is 2. The van der Waals surface area contributed by atoms with Gasteiger partial charge in [0.1, 0.15) is 12.4 Å². The first-order valence-corrected chi connectivity index (χ1v) is 5.17. The van der Waals surface area contributed by atoms with Crippen molar-refractivity contribution < 1.29 is 9.47 Å². The second kappa shape index (κ2) is 7.20. The molecule has 0 atom stereocenters. The third-order valence-electron chi connectivity index (χ3n) is 1.85. The van der Waals surface area contributed by atoms with Crippen molar-refractivity contribution in [3.05, 3.63) is 24.0 Å². The molecule has 15 heavy (non-hydrogen) atoms. The topological polar surface area (TPSA) is 43.4 Å². The zero-order valence-electron chi connectivity index (χ0n) is 9.32. The lowest BCUT2D eigenvalue weighted by Crippen LogP contribution is -2.09. The van der Waals surface area contributed by atoms with Crippen LogP contribution >= 0.6 is 0 Å². The molecule has 4 nitrogen and oxygen atoms in total. The number of rotatable bonds is 7. The molecule has 0 saturated heterocycles. The van der Waals surface area contributed by atoms with Gasteiger partial charge in [0.25, 0.3) is 0 Å². The largest absolute Gasteiger partial charge is 0.491 e. The number of nitrogens with zero attached hydrogens (tertiary/aromatic N) is 1. The Hall–Kier alpha value is -1.13. The van der Waals surface area contributed by atoms with Gasteiger partial charge in [-0.3, -0.25) is 4.98 Å². The molecule has 0 aliphatic heterocycles. The minimum Gasteiger partial charge on any atom is -0.491 e. The van der Waals surface area contributed by atoms with Crippen molar-refractivity contribution in [1.82, 2.24) is 10.3 Å². The van der Waals surface area contributed by atoms with Crippen LogP contribution in [0.4, 0.5) is 0 Å². The Labute approximate surface area is 90.6 Å². The highest BCUT2D eigenvalue weighted by Crippen LogP contribution is 2.10. The molecule has 0 aliphatic rings. The maximum absolute atomic E-state index is 5.50. The van der Waals surface area contributed by atoms with Crippen LogP contribution < -0.4 is 10.1 Å². The van der Waals surface area contributed by atoms with E-state index in [4.69, 9.17) is 9.47 Å². The van der Waals surface area contributed by atoms with Gasteiger partial charge >= 0.3 is 0 Å². The molecular formula is C11H18N2O2. The van der Waals surface area contributed by atoms with Crippen molar-refractivity contribution in [3.63, 3.8) is 0 Å². The Balaban J connectivity index is 2.36. The van der Waals surface area contributed by atoms with Crippen molar-refractivity contribution in [3.8, 4) is 5.75 Å². The first-order chi connectivity index (χ1) is 7.36. The lowest BCUT2D eigenvalue weighted by Gasteiger charge is -2.07. The summed E-state index contributed by atoms with van der Waals surface area (Å²) in [5, 5.41) is 3.04. The van der Waals surface area contributed by atoms with E-state index in [1.165, 1.54) is 0 Å². The summed E-state index contributed by atoms with van der Waals surface area (Å²) in [5.74, 6) is 0.843. The quantitative estimate of drug-likeness (QED) is 0.687. The van der Waals surface area contributed by atoms with Gasteiger partial charge in [0, 0.05) is 25.4 Å². The molecular weight excluding hydrogens is 192 g/mol. The molecule has 0 amide bonds. The van der Waals surface area contributed by atoms with E-state index in [0.717, 1.165) is 24.6 Å². The summed E-state index contributed by atoms with van der Waals surface area (Å²) >= 11 is 0. The van der Waals surface area contributed by atoms with Crippen molar-refractivity contribution >= 4 is 0 Å². The number of hydrogen-bond donors (Lipinski definition) is 1. The summed E-state index contributed by atoms with van der Waals surface area (Å²) in [5.41, 5.74) is 0.978. The van der Waals surface area contributed by atoms with E-state index in [-0.39, 0.29) is 0 Å². The summed E-state index contributed by atoms with van der Waals surface area (Å²) in [4.78, 5) is 4.20. The number of pyridine rings is 1. The number of nitrogens with one attached hydrogen (secondary N) is 1. The Morgan fingerprint density at radius 2 is 2.27 bits per heavy atom. The molecule has 0 spiro atoms. The van der Waals surface area contributed by atoms with E-state index in [0.29, 0.717) is 13.2 Å². The van der Waals surface area contributed by atoms with Crippen LogP contribution in [0.5, 0.6) is 5.75 Å². The van der Waals surface area contributed by atoms with Gasteiger partial charge in [0.05, 0.1) is 12.3 Å². The number of aromatic nitrogens is 1. The Bertz CT molecular complexity index is 279. The van der Waals surface area contributed by atoms with E-state index in [1.54, 1.807) is 6.20 Å². The van der Waals surface area contributed by atoms with Crippen LogP contribution in [0.1, 0.15) is 12.6 Å². The minimum absolute atomic E-state index is 0.580. The third-order valence-corrected chi connectivity index (χ3v) is 1.85. The fourth-order valence-corrected chi connectivity index (χ4v) is 1.19. The predicted octanol–water partition coefficient (Wildman–Crippen LogP) is 1.22. The molecule has 0 unspecified atom stereocenters. The summed E-state index contributed by atoms with van der Waals surface area (Å²) in [6.07, 6.45) is 1.75. The van der Waals surface area contributed by atoms with Crippen molar-refractivity contribution in [2.45, 2.75) is 13.5 Å². The number of hydrogen-bond acceptors (Lipinski definition) is 4. The van der Waals surface area contributed by atoms with Crippen molar-refractivity contribution in [2.75, 3.05) is 26.9 Å². The molecule has 1 aromatic heterocycles. The van der Waals surface area contributed by atoms with Gasteiger partial charge in [-0.15, -0.1) is 0 Å². The lowest BCUT2D eigenvalue weighted by molar-refractivity contribution is 0.110. The molecule has 84 valence electrons. The van der Waals surface area contributed by atoms with E-state index < -0.39 is 0 Å². The standard InChI is InChI=1S/C11H18N2O2/c1-3-14-6-7-15-11-4-5-13-10(8-11)9-12-2/h4-5,8,12H,3,6-7,9H2,1-2H3. The predicted molar refractivity (Wildman–Crippen MR) is 59.0 cm³/mol. The average Bonchev–Trinajstić information content (AvgIpc) is 2.26. The normalized spacial score (nSPS) is 10.3. The summed E-state index contributed by atoms with van der Waals surface area (Å²) in [6, 6.07) is 3.79. The first kappa shape index (κ1) is 11.9. The van der Waals surface area contributed by atoms with Crippen LogP contribution in [0, 0.1) is 0 Å². The van der Waals surface area contributed by atoms with Gasteiger partial charge in [-0.1, -0.05) is 0 Å². The molecule has 1 heterocycles. The zero-order valence-corrected chi connectivity index (χ0v) is 9.32. The fourth-order valence-electron chi connectivity index (χ4n) is 1.19. The maximum atomic E-state index is 5.50. The van der Waals surface area contributed by atoms with Crippen LogP contribution in [0.3, 0.4) is 0 Å². The summed E-state index contributed by atoms with van der Waals surface area (Å²) in [7, 11) is 1.89. The van der Waals surface area contributed by atoms with E-state index >= 15 is 0 Å². The van der Waals surface area contributed by atoms with Gasteiger partial charge in [0.15, 0.2) is 0 Å². The van der Waals surface area contributed by atoms with Crippen LogP contribution in [0.2, 0.25) is 0 Å². The molecule has 4 heteroatoms. The highest BCUT2D eigenvalue weighted by molar-refractivity contribution is 5.22. The van der Waals surface area contributed by atoms with Gasteiger partial charge in [-0.2, -0.15) is 0 Å². The van der Waals surface area contributed by atoms with Crippen LogP contribution in [0.25, 0.3) is 0 Å². The van der Waals surface area contributed by atoms with Gasteiger partial charge in [0.2, 0.25) is 0 Å². The molecule has 0 aromatic carbocycles. The highest BCUT2D eigenvalue weighted by Gasteiger charge is 1.97. The minimum atomic E-state index is 0.580. The first-order valence-electron chi connectivity index (χ1n) is 5.17. The Morgan fingerprint density at radius 3 is 3.00 bits per heavy atom. The second-order valence-electron chi connectivity index (χ2n) is 3.06. The van der Waals surface area contributed by atoms with Gasteiger partial charge < -0.3 is 14.8 Å². The van der Waals surface area contributed by atoms with E-state index in [2.05, 4.69) is 10.3 Å².